The Labute approximate surface area is 173 Å². The molecule has 0 atom stereocenters. The Morgan fingerprint density at radius 3 is 1.30 bits per heavy atom. The molecule has 0 N–H and O–H groups in total. The maximum atomic E-state index is 3.61. The summed E-state index contributed by atoms with van der Waals surface area (Å²) < 4.78 is 1.31. The van der Waals surface area contributed by atoms with E-state index in [9.17, 15) is 0 Å². The normalized spacial score (nSPS) is 11.5. The molecule has 0 aromatic carbocycles. The predicted molar refractivity (Wildman–Crippen MR) is 106 cm³/mol. The Hall–Kier alpha value is 1.17. The van der Waals surface area contributed by atoms with Crippen LogP contribution in [0.3, 0.4) is 0 Å². The lowest BCUT2D eigenvalue weighted by Crippen LogP contribution is -3.00. The van der Waals surface area contributed by atoms with Crippen molar-refractivity contribution in [3.8, 4) is 0 Å². The number of halogens is 2. The molecule has 3 heteroatoms. The van der Waals surface area contributed by atoms with Gasteiger partial charge in [-0.05, 0) is 25.7 Å². The highest BCUT2D eigenvalue weighted by Crippen LogP contribution is 2.14. The maximum absolute atomic E-state index is 3.61. The van der Waals surface area contributed by atoms with Crippen LogP contribution in [0.5, 0.6) is 0 Å². The van der Waals surface area contributed by atoms with Gasteiger partial charge in [-0.15, -0.1) is 0 Å². The maximum Gasteiger partial charge on any atom is 0.0792 e. The molecule has 1 nitrogen and oxygen atoms in total. The van der Waals surface area contributed by atoms with E-state index in [4.69, 9.17) is 0 Å². The molecule has 0 fully saturated rings. The van der Waals surface area contributed by atoms with Gasteiger partial charge >= 0.3 is 0 Å². The minimum Gasteiger partial charge on any atom is -1.00 e. The van der Waals surface area contributed by atoms with Crippen molar-refractivity contribution in [3.05, 3.63) is 0 Å². The average molecular weight is 504 g/mol. The van der Waals surface area contributed by atoms with E-state index in [0.29, 0.717) is 0 Å². The average Bonchev–Trinajstić information content (AvgIpc) is 2.52. The summed E-state index contributed by atoms with van der Waals surface area (Å²) in [5, 5.41) is 1.16. The van der Waals surface area contributed by atoms with Crippen LogP contribution in [-0.4, -0.2) is 36.5 Å². The van der Waals surface area contributed by atoms with Gasteiger partial charge in [-0.1, -0.05) is 81.1 Å². The molecule has 0 heterocycles. The van der Waals surface area contributed by atoms with Gasteiger partial charge in [-0.3, -0.25) is 0 Å². The molecule has 0 aliphatic heterocycles. The van der Waals surface area contributed by atoms with Crippen LogP contribution in [-0.2, 0) is 0 Å². The van der Waals surface area contributed by atoms with Crippen molar-refractivity contribution in [1.29, 1.82) is 0 Å². The van der Waals surface area contributed by atoms with E-state index in [1.165, 1.54) is 108 Å². The molecule has 0 amide bonds. The molecule has 0 radical (unpaired) electrons. The highest BCUT2D eigenvalue weighted by atomic mass is 127. The van der Waals surface area contributed by atoms with E-state index < -0.39 is 0 Å². The van der Waals surface area contributed by atoms with E-state index in [0.717, 1.165) is 5.33 Å². The molecule has 0 aliphatic carbocycles. The van der Waals surface area contributed by atoms with Crippen molar-refractivity contribution in [2.75, 3.05) is 32.0 Å². The van der Waals surface area contributed by atoms with Gasteiger partial charge in [0.2, 0.25) is 0 Å². The van der Waals surface area contributed by atoms with Crippen LogP contribution in [0.15, 0.2) is 0 Å². The van der Waals surface area contributed by atoms with Crippen molar-refractivity contribution >= 4 is 15.9 Å². The predicted octanol–water partition coefficient (Wildman–Crippen LogP) is 3.94. The largest absolute Gasteiger partial charge is 1.00 e. The van der Waals surface area contributed by atoms with Crippen molar-refractivity contribution in [2.24, 2.45) is 0 Å². The molecular weight excluding hydrogens is 461 g/mol. The van der Waals surface area contributed by atoms with Gasteiger partial charge in [0.15, 0.2) is 0 Å². The molecule has 0 saturated carbocycles. The van der Waals surface area contributed by atoms with E-state index in [-0.39, 0.29) is 24.0 Å². The molecule has 142 valence electrons. The van der Waals surface area contributed by atoms with E-state index in [1.54, 1.807) is 0 Å². The van der Waals surface area contributed by atoms with E-state index in [1.807, 2.05) is 0 Å². The van der Waals surface area contributed by atoms with Crippen LogP contribution in [0.1, 0.15) is 97.3 Å². The fourth-order valence-corrected chi connectivity index (χ4v) is 3.58. The molecule has 0 unspecified atom stereocenters. The summed E-state index contributed by atoms with van der Waals surface area (Å²) >= 11 is 3.61. The van der Waals surface area contributed by atoms with Crippen LogP contribution >= 0.6 is 15.9 Å². The van der Waals surface area contributed by atoms with Crippen molar-refractivity contribution in [1.82, 2.24) is 0 Å². The quantitative estimate of drug-likeness (QED) is 0.122. The van der Waals surface area contributed by atoms with Crippen LogP contribution in [0.4, 0.5) is 0 Å². The number of alkyl halides is 1. The summed E-state index contributed by atoms with van der Waals surface area (Å²) in [5.41, 5.74) is 0. The number of hydrogen-bond donors (Lipinski definition) is 0. The highest BCUT2D eigenvalue weighted by Gasteiger charge is 2.19. The zero-order chi connectivity index (χ0) is 16.5. The Balaban J connectivity index is 0. The first kappa shape index (κ1) is 26.4. The fourth-order valence-electron chi connectivity index (χ4n) is 3.32. The number of nitrogens with zero attached hydrogens (tertiary/aromatic N) is 1. The second kappa shape index (κ2) is 19.5. The summed E-state index contributed by atoms with van der Waals surface area (Å²) in [5.74, 6) is 0. The minimum atomic E-state index is 0. The van der Waals surface area contributed by atoms with Gasteiger partial charge in [0.1, 0.15) is 0 Å². The van der Waals surface area contributed by atoms with Gasteiger partial charge in [0.25, 0.3) is 0 Å². The SMILES string of the molecule is CCCCCCCC[N+](C)(CCCBr)CCCCCCCC.[I-]. The van der Waals surface area contributed by atoms with Gasteiger partial charge < -0.3 is 28.5 Å². The number of rotatable bonds is 17. The first-order valence-corrected chi connectivity index (χ1v) is 11.2. The molecule has 0 aromatic heterocycles. The molecular formula is C20H43BrIN. The van der Waals surface area contributed by atoms with Gasteiger partial charge in [0.05, 0.1) is 26.7 Å². The zero-order valence-corrected chi connectivity index (χ0v) is 20.0. The summed E-state index contributed by atoms with van der Waals surface area (Å²) in [6.07, 6.45) is 18.4. The van der Waals surface area contributed by atoms with Gasteiger partial charge in [0, 0.05) is 11.8 Å². The van der Waals surface area contributed by atoms with Gasteiger partial charge in [-0.2, -0.15) is 0 Å². The zero-order valence-electron chi connectivity index (χ0n) is 16.2. The molecule has 0 aromatic rings. The first-order valence-electron chi connectivity index (χ1n) is 10.1. The third-order valence-electron chi connectivity index (χ3n) is 4.93. The lowest BCUT2D eigenvalue weighted by molar-refractivity contribution is -0.910. The Bertz CT molecular complexity index is 208. The van der Waals surface area contributed by atoms with Crippen molar-refractivity contribution < 1.29 is 28.5 Å². The smallest absolute Gasteiger partial charge is 0.0792 e. The topological polar surface area (TPSA) is 0 Å². The monoisotopic (exact) mass is 503 g/mol. The standard InChI is InChI=1S/C20H43BrN.HI/c1-4-6-8-10-12-14-18-22(3,20-16-17-21)19-15-13-11-9-7-5-2;/h4-20H2,1-3H3;1H/q+1;/p-1. The lowest BCUT2D eigenvalue weighted by atomic mass is 10.1. The molecule has 0 spiro atoms. The van der Waals surface area contributed by atoms with Gasteiger partial charge in [-0.25, -0.2) is 0 Å². The lowest BCUT2D eigenvalue weighted by Gasteiger charge is -2.35. The minimum absolute atomic E-state index is 0. The third-order valence-corrected chi connectivity index (χ3v) is 5.50. The fraction of sp³-hybridized carbons (Fsp3) is 1.00. The summed E-state index contributed by atoms with van der Waals surface area (Å²) in [4.78, 5) is 0. The van der Waals surface area contributed by atoms with Crippen LogP contribution in [0.2, 0.25) is 0 Å². The first-order chi connectivity index (χ1) is 10.7. The van der Waals surface area contributed by atoms with Crippen molar-refractivity contribution in [3.63, 3.8) is 0 Å². The third kappa shape index (κ3) is 17.8. The molecule has 0 bridgehead atoms. The number of hydrogen-bond acceptors (Lipinski definition) is 0. The number of unbranched alkanes of at least 4 members (excludes halogenated alkanes) is 10. The van der Waals surface area contributed by atoms with E-state index in [2.05, 4.69) is 36.8 Å². The number of quaternary nitrogens is 1. The Kier molecular flexibility index (Phi) is 22.4. The van der Waals surface area contributed by atoms with Crippen LogP contribution in [0.25, 0.3) is 0 Å². The second-order valence-electron chi connectivity index (χ2n) is 7.37. The summed E-state index contributed by atoms with van der Waals surface area (Å²) in [6, 6.07) is 0. The Morgan fingerprint density at radius 2 is 0.913 bits per heavy atom. The second-order valence-corrected chi connectivity index (χ2v) is 8.16. The highest BCUT2D eigenvalue weighted by molar-refractivity contribution is 9.09. The van der Waals surface area contributed by atoms with E-state index >= 15 is 0 Å². The Morgan fingerprint density at radius 1 is 0.565 bits per heavy atom. The molecule has 0 aliphatic rings. The molecule has 0 rings (SSSR count). The molecule has 23 heavy (non-hydrogen) atoms. The van der Waals surface area contributed by atoms with Crippen molar-refractivity contribution in [2.45, 2.75) is 97.3 Å². The van der Waals surface area contributed by atoms with Crippen LogP contribution < -0.4 is 24.0 Å². The summed E-state index contributed by atoms with van der Waals surface area (Å²) in [7, 11) is 2.50. The molecule has 0 saturated heterocycles. The summed E-state index contributed by atoms with van der Waals surface area (Å²) in [6.45, 7) is 8.75. The van der Waals surface area contributed by atoms with Crippen LogP contribution in [0, 0.1) is 0 Å².